The number of hydrogen-bond acceptors (Lipinski definition) is 4. The average molecular weight is 314 g/mol. The molecule has 122 valence electrons. The van der Waals surface area contributed by atoms with Crippen LogP contribution in [0.25, 0.3) is 0 Å². The number of hydrogen-bond donors (Lipinski definition) is 2. The van der Waals surface area contributed by atoms with E-state index in [4.69, 9.17) is 15.2 Å². The normalized spacial score (nSPS) is 22.9. The van der Waals surface area contributed by atoms with E-state index in [1.54, 1.807) is 20.8 Å². The van der Waals surface area contributed by atoms with Crippen molar-refractivity contribution in [3.8, 4) is 5.75 Å². The van der Waals surface area contributed by atoms with E-state index in [2.05, 4.69) is 5.32 Å². The fourth-order valence-corrected chi connectivity index (χ4v) is 2.10. The fourth-order valence-electron chi connectivity index (χ4n) is 2.10. The number of amides is 1. The number of anilines is 1. The second kappa shape index (κ2) is 5.08. The molecule has 1 aliphatic carbocycles. The lowest BCUT2D eigenvalue weighted by atomic mass is 10.0. The van der Waals surface area contributed by atoms with Crippen molar-refractivity contribution < 1.29 is 23.0 Å². The van der Waals surface area contributed by atoms with Gasteiger partial charge in [-0.2, -0.15) is 0 Å². The topological polar surface area (TPSA) is 73.6 Å². The van der Waals surface area contributed by atoms with Gasteiger partial charge in [-0.15, -0.1) is 0 Å². The van der Waals surface area contributed by atoms with Gasteiger partial charge in [0.1, 0.15) is 16.9 Å². The fraction of sp³-hybridized carbons (Fsp3) is 0.533. The highest BCUT2D eigenvalue weighted by Crippen LogP contribution is 2.58. The van der Waals surface area contributed by atoms with E-state index >= 15 is 0 Å². The maximum Gasteiger partial charge on any atom is 0.412 e. The summed E-state index contributed by atoms with van der Waals surface area (Å²) >= 11 is 0. The smallest absolute Gasteiger partial charge is 0.412 e. The van der Waals surface area contributed by atoms with Crippen LogP contribution in [-0.4, -0.2) is 24.7 Å². The SMILES string of the molecule is COc1cc(C2(N)CC2(F)F)ccc1NC(=O)OC(C)(C)C. The largest absolute Gasteiger partial charge is 0.495 e. The first-order chi connectivity index (χ1) is 9.98. The number of carbonyl (C=O) groups is 1. The van der Waals surface area contributed by atoms with Crippen molar-refractivity contribution in [2.24, 2.45) is 5.73 Å². The lowest BCUT2D eigenvalue weighted by Gasteiger charge is -2.21. The van der Waals surface area contributed by atoms with Crippen molar-refractivity contribution in [2.45, 2.75) is 44.3 Å². The number of nitrogens with two attached hydrogens (primary N) is 1. The van der Waals surface area contributed by atoms with Crippen LogP contribution in [0.1, 0.15) is 32.8 Å². The molecule has 1 amide bonds. The molecule has 7 heteroatoms. The summed E-state index contributed by atoms with van der Waals surface area (Å²) in [6.45, 7) is 5.21. The number of rotatable bonds is 3. The van der Waals surface area contributed by atoms with Crippen molar-refractivity contribution in [1.29, 1.82) is 0 Å². The molecule has 2 rings (SSSR count). The van der Waals surface area contributed by atoms with Gasteiger partial charge in [-0.1, -0.05) is 6.07 Å². The Morgan fingerprint density at radius 2 is 1.95 bits per heavy atom. The van der Waals surface area contributed by atoms with E-state index in [1.807, 2.05) is 0 Å². The van der Waals surface area contributed by atoms with Crippen LogP contribution >= 0.6 is 0 Å². The minimum atomic E-state index is -2.92. The number of benzene rings is 1. The third-order valence-electron chi connectivity index (χ3n) is 3.38. The summed E-state index contributed by atoms with van der Waals surface area (Å²) < 4.78 is 37.0. The van der Waals surface area contributed by atoms with Crippen molar-refractivity contribution in [3.63, 3.8) is 0 Å². The van der Waals surface area contributed by atoms with Crippen LogP contribution in [0.2, 0.25) is 0 Å². The number of alkyl halides is 2. The van der Waals surface area contributed by atoms with E-state index < -0.39 is 29.6 Å². The zero-order valence-corrected chi connectivity index (χ0v) is 13.0. The Kier molecular flexibility index (Phi) is 3.81. The van der Waals surface area contributed by atoms with Crippen LogP contribution in [0.3, 0.4) is 0 Å². The van der Waals surface area contributed by atoms with Crippen LogP contribution < -0.4 is 15.8 Å². The van der Waals surface area contributed by atoms with Gasteiger partial charge in [0.2, 0.25) is 0 Å². The molecule has 0 aromatic heterocycles. The summed E-state index contributed by atoms with van der Waals surface area (Å²) in [4.78, 5) is 11.8. The van der Waals surface area contributed by atoms with Gasteiger partial charge in [0.25, 0.3) is 5.92 Å². The van der Waals surface area contributed by atoms with Crippen molar-refractivity contribution in [1.82, 2.24) is 0 Å². The molecule has 1 fully saturated rings. The molecule has 0 aliphatic heterocycles. The van der Waals surface area contributed by atoms with Crippen LogP contribution in [0.15, 0.2) is 18.2 Å². The summed E-state index contributed by atoms with van der Waals surface area (Å²) in [7, 11) is 1.38. The summed E-state index contributed by atoms with van der Waals surface area (Å²) in [5.41, 5.74) is 3.97. The van der Waals surface area contributed by atoms with E-state index in [-0.39, 0.29) is 11.3 Å². The number of nitrogens with one attached hydrogen (secondary N) is 1. The minimum Gasteiger partial charge on any atom is -0.495 e. The molecular weight excluding hydrogens is 294 g/mol. The third-order valence-corrected chi connectivity index (χ3v) is 3.38. The molecule has 0 bridgehead atoms. The highest BCUT2D eigenvalue weighted by molar-refractivity contribution is 5.87. The summed E-state index contributed by atoms with van der Waals surface area (Å²) in [5, 5.41) is 2.52. The van der Waals surface area contributed by atoms with Gasteiger partial charge >= 0.3 is 6.09 Å². The Morgan fingerprint density at radius 3 is 2.41 bits per heavy atom. The molecule has 1 aliphatic rings. The zero-order valence-electron chi connectivity index (χ0n) is 13.0. The monoisotopic (exact) mass is 314 g/mol. The zero-order chi connectivity index (χ0) is 16.8. The molecule has 22 heavy (non-hydrogen) atoms. The van der Waals surface area contributed by atoms with Gasteiger partial charge in [-0.05, 0) is 38.5 Å². The summed E-state index contributed by atoms with van der Waals surface area (Å²) in [6.07, 6.45) is -1.06. The molecule has 0 heterocycles. The average Bonchev–Trinajstić information content (AvgIpc) is 2.87. The molecule has 1 aromatic rings. The molecule has 0 saturated heterocycles. The Balaban J connectivity index is 2.19. The lowest BCUT2D eigenvalue weighted by Crippen LogP contribution is -2.28. The highest BCUT2D eigenvalue weighted by atomic mass is 19.3. The third kappa shape index (κ3) is 3.14. The van der Waals surface area contributed by atoms with Gasteiger partial charge in [0.05, 0.1) is 12.8 Å². The maximum atomic E-state index is 13.3. The first-order valence-corrected chi connectivity index (χ1v) is 6.84. The molecule has 0 spiro atoms. The van der Waals surface area contributed by atoms with Gasteiger partial charge in [0, 0.05) is 6.42 Å². The van der Waals surface area contributed by atoms with Gasteiger partial charge in [0.15, 0.2) is 0 Å². The van der Waals surface area contributed by atoms with Crippen LogP contribution in [-0.2, 0) is 10.3 Å². The van der Waals surface area contributed by atoms with Crippen LogP contribution in [0, 0.1) is 0 Å². The quantitative estimate of drug-likeness (QED) is 0.898. The molecular formula is C15H20F2N2O3. The highest BCUT2D eigenvalue weighted by Gasteiger charge is 2.70. The number of halogens is 2. The lowest BCUT2D eigenvalue weighted by molar-refractivity contribution is 0.0635. The second-order valence-corrected chi connectivity index (χ2v) is 6.39. The van der Waals surface area contributed by atoms with Crippen molar-refractivity contribution in [3.05, 3.63) is 23.8 Å². The van der Waals surface area contributed by atoms with E-state index in [0.29, 0.717) is 5.69 Å². The Hall–Kier alpha value is -1.89. The number of carbonyl (C=O) groups excluding carboxylic acids is 1. The first kappa shape index (κ1) is 16.5. The van der Waals surface area contributed by atoms with Crippen LogP contribution in [0.4, 0.5) is 19.3 Å². The predicted octanol–water partition coefficient (Wildman–Crippen LogP) is 3.24. The van der Waals surface area contributed by atoms with E-state index in [0.717, 1.165) is 0 Å². The van der Waals surface area contributed by atoms with E-state index in [1.165, 1.54) is 25.3 Å². The van der Waals surface area contributed by atoms with Gasteiger partial charge in [-0.25, -0.2) is 13.6 Å². The van der Waals surface area contributed by atoms with E-state index in [9.17, 15) is 13.6 Å². The molecule has 1 saturated carbocycles. The minimum absolute atomic E-state index is 0.246. The number of methoxy groups -OCH3 is 1. The molecule has 0 radical (unpaired) electrons. The Labute approximate surface area is 127 Å². The standard InChI is InChI=1S/C15H20F2N2O3/c1-13(2,3)22-12(20)19-10-6-5-9(7-11(10)21-4)14(18)8-15(14,16)17/h5-7H,8,18H2,1-4H3,(H,19,20). The Morgan fingerprint density at radius 1 is 1.36 bits per heavy atom. The molecule has 1 aromatic carbocycles. The molecule has 3 N–H and O–H groups in total. The van der Waals surface area contributed by atoms with Gasteiger partial charge in [-0.3, -0.25) is 5.32 Å². The molecule has 1 atom stereocenters. The van der Waals surface area contributed by atoms with Crippen LogP contribution in [0.5, 0.6) is 5.75 Å². The summed E-state index contributed by atoms with van der Waals surface area (Å²) in [5.74, 6) is -2.67. The first-order valence-electron chi connectivity index (χ1n) is 6.84. The number of ether oxygens (including phenoxy) is 2. The predicted molar refractivity (Wildman–Crippen MR) is 78.3 cm³/mol. The molecule has 5 nitrogen and oxygen atoms in total. The molecule has 1 unspecified atom stereocenters. The van der Waals surface area contributed by atoms with Gasteiger partial charge < -0.3 is 15.2 Å². The Bertz CT molecular complexity index is 599. The maximum absolute atomic E-state index is 13.3. The summed E-state index contributed by atoms with van der Waals surface area (Å²) in [6, 6.07) is 4.34. The van der Waals surface area contributed by atoms with Crippen molar-refractivity contribution in [2.75, 3.05) is 12.4 Å². The second-order valence-electron chi connectivity index (χ2n) is 6.39. The van der Waals surface area contributed by atoms with Crippen molar-refractivity contribution >= 4 is 11.8 Å².